The van der Waals surface area contributed by atoms with Crippen molar-refractivity contribution in [2.45, 2.75) is 13.1 Å². The van der Waals surface area contributed by atoms with Crippen LogP contribution in [-0.4, -0.2) is 36.4 Å². The van der Waals surface area contributed by atoms with Gasteiger partial charge in [-0.25, -0.2) is 9.67 Å². The van der Waals surface area contributed by atoms with Gasteiger partial charge in [0.15, 0.2) is 0 Å². The van der Waals surface area contributed by atoms with E-state index in [9.17, 15) is 22.8 Å². The highest BCUT2D eigenvalue weighted by Crippen LogP contribution is 2.36. The first-order valence-electron chi connectivity index (χ1n) is 9.59. The van der Waals surface area contributed by atoms with Gasteiger partial charge in [0.05, 0.1) is 22.5 Å². The Labute approximate surface area is 195 Å². The first-order valence-corrected chi connectivity index (χ1v) is 9.97. The summed E-state index contributed by atoms with van der Waals surface area (Å²) in [6, 6.07) is 7.82. The van der Waals surface area contributed by atoms with E-state index < -0.39 is 22.7 Å². The van der Waals surface area contributed by atoms with E-state index in [-0.39, 0.29) is 17.3 Å². The van der Waals surface area contributed by atoms with Crippen molar-refractivity contribution in [1.29, 1.82) is 0 Å². The first-order chi connectivity index (χ1) is 16.0. The number of nitrogens with two attached hydrogens (primary N) is 1. The second-order valence-electron chi connectivity index (χ2n) is 7.14. The number of halogens is 4. The smallest absolute Gasteiger partial charge is 0.364 e. The third kappa shape index (κ3) is 4.62. The van der Waals surface area contributed by atoms with Crippen LogP contribution in [-0.2, 0) is 11.0 Å². The van der Waals surface area contributed by atoms with E-state index in [0.717, 1.165) is 12.1 Å². The zero-order chi connectivity index (χ0) is 24.6. The van der Waals surface area contributed by atoms with Gasteiger partial charge in [0.2, 0.25) is 5.91 Å². The molecular formula is C21H15ClF3N7O2. The zero-order valence-electron chi connectivity index (χ0n) is 17.3. The first kappa shape index (κ1) is 23.0. The number of alkyl halides is 3. The fraction of sp³-hybridized carbons (Fsp3) is 0.0952. The lowest BCUT2D eigenvalue weighted by molar-refractivity contribution is -0.137. The number of hydrogen-bond donors (Lipinski definition) is 2. The summed E-state index contributed by atoms with van der Waals surface area (Å²) in [7, 11) is 0. The van der Waals surface area contributed by atoms with Crippen LogP contribution < -0.4 is 11.1 Å². The van der Waals surface area contributed by atoms with E-state index >= 15 is 0 Å². The summed E-state index contributed by atoms with van der Waals surface area (Å²) in [5, 5.41) is 10.1. The summed E-state index contributed by atoms with van der Waals surface area (Å²) in [6.45, 7) is 1.37. The molecule has 0 fully saturated rings. The van der Waals surface area contributed by atoms with Crippen LogP contribution in [0.5, 0.6) is 0 Å². The van der Waals surface area contributed by atoms with Gasteiger partial charge in [0, 0.05) is 30.6 Å². The molecule has 9 nitrogen and oxygen atoms in total. The molecule has 13 heteroatoms. The number of anilines is 1. The molecule has 1 aromatic carbocycles. The van der Waals surface area contributed by atoms with Crippen molar-refractivity contribution in [1.82, 2.24) is 24.5 Å². The number of benzene rings is 1. The molecular weight excluding hydrogens is 475 g/mol. The average Bonchev–Trinajstić information content (AvgIpc) is 3.40. The minimum absolute atomic E-state index is 0.00389. The van der Waals surface area contributed by atoms with Crippen LogP contribution >= 0.6 is 11.6 Å². The molecule has 0 aliphatic carbocycles. The number of nitrogens with one attached hydrogen (secondary N) is 1. The molecule has 0 aliphatic rings. The van der Waals surface area contributed by atoms with Crippen LogP contribution in [0.2, 0.25) is 5.02 Å². The van der Waals surface area contributed by atoms with Crippen molar-refractivity contribution in [2.75, 3.05) is 5.32 Å². The fourth-order valence-corrected chi connectivity index (χ4v) is 3.47. The van der Waals surface area contributed by atoms with Gasteiger partial charge in [0.1, 0.15) is 17.2 Å². The van der Waals surface area contributed by atoms with Crippen LogP contribution in [0.25, 0.3) is 22.6 Å². The Morgan fingerprint density at radius 1 is 1.09 bits per heavy atom. The van der Waals surface area contributed by atoms with Gasteiger partial charge in [-0.1, -0.05) is 16.8 Å². The lowest BCUT2D eigenvalue weighted by Gasteiger charge is -2.12. The van der Waals surface area contributed by atoms with E-state index in [0.29, 0.717) is 22.8 Å². The van der Waals surface area contributed by atoms with E-state index in [1.807, 2.05) is 0 Å². The van der Waals surface area contributed by atoms with E-state index in [2.05, 4.69) is 20.6 Å². The van der Waals surface area contributed by atoms with E-state index in [1.165, 1.54) is 40.7 Å². The van der Waals surface area contributed by atoms with Crippen LogP contribution in [0, 0.1) is 0 Å². The van der Waals surface area contributed by atoms with Gasteiger partial charge >= 0.3 is 6.18 Å². The molecule has 3 aromatic heterocycles. The quantitative estimate of drug-likeness (QED) is 0.441. The number of pyridine rings is 1. The normalized spacial score (nSPS) is 11.4. The average molecular weight is 490 g/mol. The highest BCUT2D eigenvalue weighted by atomic mass is 35.5. The van der Waals surface area contributed by atoms with Crippen molar-refractivity contribution in [3.63, 3.8) is 0 Å². The molecule has 0 saturated carbocycles. The Hall–Kier alpha value is -4.19. The number of rotatable bonds is 5. The van der Waals surface area contributed by atoms with Crippen LogP contribution in [0.1, 0.15) is 23.0 Å². The van der Waals surface area contributed by atoms with Gasteiger partial charge in [-0.05, 0) is 36.4 Å². The minimum atomic E-state index is -4.61. The summed E-state index contributed by atoms with van der Waals surface area (Å²) < 4.78 is 41.8. The summed E-state index contributed by atoms with van der Waals surface area (Å²) in [6.07, 6.45) is -0.0744. The van der Waals surface area contributed by atoms with Gasteiger partial charge in [0.25, 0.3) is 5.91 Å². The fourth-order valence-electron chi connectivity index (χ4n) is 3.18. The van der Waals surface area contributed by atoms with Gasteiger partial charge in [-0.15, -0.1) is 5.10 Å². The molecule has 34 heavy (non-hydrogen) atoms. The monoisotopic (exact) mass is 489 g/mol. The van der Waals surface area contributed by atoms with Gasteiger partial charge in [-0.2, -0.15) is 13.2 Å². The van der Waals surface area contributed by atoms with E-state index in [4.69, 9.17) is 17.3 Å². The molecule has 0 bridgehead atoms. The maximum atomic E-state index is 13.0. The van der Waals surface area contributed by atoms with Gasteiger partial charge < -0.3 is 15.6 Å². The molecule has 0 aliphatic heterocycles. The highest BCUT2D eigenvalue weighted by Gasteiger charge is 2.33. The van der Waals surface area contributed by atoms with Crippen molar-refractivity contribution < 1.29 is 22.8 Å². The number of amides is 2. The van der Waals surface area contributed by atoms with Crippen LogP contribution in [0.15, 0.2) is 55.0 Å². The Morgan fingerprint density at radius 2 is 1.85 bits per heavy atom. The molecule has 0 atom stereocenters. The third-order valence-electron chi connectivity index (χ3n) is 4.72. The van der Waals surface area contributed by atoms with Crippen molar-refractivity contribution in [3.8, 4) is 22.6 Å². The molecule has 4 rings (SSSR count). The number of aromatic nitrogens is 5. The summed E-state index contributed by atoms with van der Waals surface area (Å²) in [5.74, 6) is -0.683. The summed E-state index contributed by atoms with van der Waals surface area (Å²) in [5.41, 5.74) is 6.13. The molecule has 0 unspecified atom stereocenters. The van der Waals surface area contributed by atoms with Crippen molar-refractivity contribution >= 4 is 29.2 Å². The highest BCUT2D eigenvalue weighted by molar-refractivity contribution is 6.31. The predicted octanol–water partition coefficient (Wildman–Crippen LogP) is 3.85. The van der Waals surface area contributed by atoms with E-state index in [1.54, 1.807) is 18.3 Å². The number of carbonyl (C=O) groups excluding carboxylic acids is 2. The Balaban J connectivity index is 1.68. The number of carbonyl (C=O) groups is 2. The molecule has 0 spiro atoms. The molecule has 2 amide bonds. The Morgan fingerprint density at radius 3 is 2.44 bits per heavy atom. The Kier molecular flexibility index (Phi) is 5.83. The second kappa shape index (κ2) is 8.63. The maximum Gasteiger partial charge on any atom is 0.417 e. The number of nitrogens with zero attached hydrogens (tertiary/aromatic N) is 5. The topological polar surface area (TPSA) is 121 Å². The summed E-state index contributed by atoms with van der Waals surface area (Å²) >= 11 is 5.82. The molecule has 174 valence electrons. The molecule has 3 heterocycles. The lowest BCUT2D eigenvalue weighted by atomic mass is 10.2. The maximum absolute atomic E-state index is 13.0. The molecule has 4 aromatic rings. The van der Waals surface area contributed by atoms with Crippen LogP contribution in [0.3, 0.4) is 0 Å². The molecule has 0 saturated heterocycles. The predicted molar refractivity (Wildman–Crippen MR) is 117 cm³/mol. The van der Waals surface area contributed by atoms with Crippen LogP contribution in [0.4, 0.5) is 19.0 Å². The Bertz CT molecular complexity index is 1390. The van der Waals surface area contributed by atoms with Gasteiger partial charge in [-0.3, -0.25) is 9.59 Å². The number of hydrogen-bond acceptors (Lipinski definition) is 5. The third-order valence-corrected chi connectivity index (χ3v) is 5.03. The zero-order valence-corrected chi connectivity index (χ0v) is 18.1. The lowest BCUT2D eigenvalue weighted by Crippen LogP contribution is -2.15. The number of primary amides is 1. The molecule has 3 N–H and O–H groups in total. The van der Waals surface area contributed by atoms with Crippen molar-refractivity contribution in [2.24, 2.45) is 5.73 Å². The summed E-state index contributed by atoms with van der Waals surface area (Å²) in [4.78, 5) is 27.2. The van der Waals surface area contributed by atoms with Crippen molar-refractivity contribution in [3.05, 3.63) is 71.3 Å². The molecule has 0 radical (unpaired) electrons. The SMILES string of the molecule is CC(=O)Nc1ccc(-c2cn(-c3cc(C(N)=O)n(-c4ccc(C(F)(F)F)c(Cl)c4)c3)nn2)cn1. The largest absolute Gasteiger partial charge is 0.417 e. The second-order valence-corrected chi connectivity index (χ2v) is 7.55. The standard InChI is InChI=1S/C21H15ClF3N7O2/c1-11(33)28-19-5-2-12(8-27-19)17-10-32(30-29-17)14-7-18(20(26)34)31(9-14)13-3-4-15(16(22)6-13)21(23,24)25/h2-10H,1H3,(H2,26,34)(H,27,28,33). The minimum Gasteiger partial charge on any atom is -0.364 e.